The van der Waals surface area contributed by atoms with Crippen LogP contribution in [0.3, 0.4) is 0 Å². The molecular weight excluding hydrogens is 266 g/mol. The predicted molar refractivity (Wildman–Crippen MR) is 82.5 cm³/mol. The van der Waals surface area contributed by atoms with E-state index in [1.54, 1.807) is 0 Å². The van der Waals surface area contributed by atoms with Crippen LogP contribution in [0.5, 0.6) is 11.5 Å². The van der Waals surface area contributed by atoms with Crippen molar-refractivity contribution in [2.75, 3.05) is 13.2 Å². The van der Waals surface area contributed by atoms with E-state index >= 15 is 0 Å². The molecular formula is C17H19NO3. The largest absolute Gasteiger partial charge is 0.490 e. The van der Waals surface area contributed by atoms with E-state index in [1.165, 1.54) is 0 Å². The summed E-state index contributed by atoms with van der Waals surface area (Å²) >= 11 is 0. The number of hydrogen-bond acceptors (Lipinski definition) is 4. The van der Waals surface area contributed by atoms with Gasteiger partial charge in [-0.25, -0.2) is 0 Å². The fourth-order valence-electron chi connectivity index (χ4n) is 1.97. The molecule has 0 saturated heterocycles. The van der Waals surface area contributed by atoms with E-state index in [1.807, 2.05) is 61.5 Å². The molecule has 0 bridgehead atoms. The van der Waals surface area contributed by atoms with Gasteiger partial charge >= 0.3 is 0 Å². The Morgan fingerprint density at radius 3 is 2.33 bits per heavy atom. The Balaban J connectivity index is 1.91. The molecule has 21 heavy (non-hydrogen) atoms. The average Bonchev–Trinajstić information content (AvgIpc) is 2.55. The molecule has 0 saturated carbocycles. The van der Waals surface area contributed by atoms with Gasteiger partial charge in [0, 0.05) is 5.56 Å². The van der Waals surface area contributed by atoms with Gasteiger partial charge in [0.15, 0.2) is 0 Å². The van der Waals surface area contributed by atoms with Gasteiger partial charge in [0.05, 0.1) is 5.71 Å². The van der Waals surface area contributed by atoms with Crippen LogP contribution in [0.15, 0.2) is 59.8 Å². The van der Waals surface area contributed by atoms with Gasteiger partial charge in [0.1, 0.15) is 24.7 Å². The molecule has 2 aromatic rings. The van der Waals surface area contributed by atoms with Gasteiger partial charge in [-0.1, -0.05) is 42.4 Å². The Morgan fingerprint density at radius 2 is 1.62 bits per heavy atom. The number of benzene rings is 2. The van der Waals surface area contributed by atoms with Crippen LogP contribution in [0.4, 0.5) is 0 Å². The maximum Gasteiger partial charge on any atom is 0.128 e. The van der Waals surface area contributed by atoms with Crippen molar-refractivity contribution in [3.8, 4) is 11.5 Å². The third-order valence-corrected chi connectivity index (χ3v) is 3.01. The molecule has 0 amide bonds. The van der Waals surface area contributed by atoms with Crippen LogP contribution in [0.2, 0.25) is 0 Å². The Morgan fingerprint density at radius 1 is 0.952 bits per heavy atom. The molecule has 4 nitrogen and oxygen atoms in total. The number of ether oxygens (including phenoxy) is 2. The van der Waals surface area contributed by atoms with E-state index in [2.05, 4.69) is 5.16 Å². The van der Waals surface area contributed by atoms with E-state index in [-0.39, 0.29) is 0 Å². The van der Waals surface area contributed by atoms with Crippen molar-refractivity contribution in [3.05, 3.63) is 60.2 Å². The van der Waals surface area contributed by atoms with Gasteiger partial charge < -0.3 is 14.7 Å². The fraction of sp³-hybridized carbons (Fsp3) is 0.235. The predicted octanol–water partition coefficient (Wildman–Crippen LogP) is 3.73. The van der Waals surface area contributed by atoms with Crippen LogP contribution in [0.1, 0.15) is 18.9 Å². The van der Waals surface area contributed by atoms with Gasteiger partial charge in [-0.15, -0.1) is 0 Å². The molecule has 0 heterocycles. The minimum atomic E-state index is 0.425. The lowest BCUT2D eigenvalue weighted by Gasteiger charge is -2.12. The van der Waals surface area contributed by atoms with E-state index in [4.69, 9.17) is 14.7 Å². The lowest BCUT2D eigenvalue weighted by atomic mass is 10.1. The van der Waals surface area contributed by atoms with Crippen molar-refractivity contribution in [1.29, 1.82) is 0 Å². The molecule has 110 valence electrons. The van der Waals surface area contributed by atoms with Crippen molar-refractivity contribution < 1.29 is 14.7 Å². The summed E-state index contributed by atoms with van der Waals surface area (Å²) in [6.07, 6.45) is 0.636. The summed E-state index contributed by atoms with van der Waals surface area (Å²) in [5, 5.41) is 12.4. The first kappa shape index (κ1) is 14.9. The molecule has 0 radical (unpaired) electrons. The Labute approximate surface area is 124 Å². The molecule has 0 unspecified atom stereocenters. The zero-order valence-electron chi connectivity index (χ0n) is 12.0. The summed E-state index contributed by atoms with van der Waals surface area (Å²) in [5.41, 5.74) is 1.41. The lowest BCUT2D eigenvalue weighted by molar-refractivity contribution is 0.217. The summed E-state index contributed by atoms with van der Waals surface area (Å²) in [6, 6.07) is 17.1. The summed E-state index contributed by atoms with van der Waals surface area (Å²) in [5.74, 6) is 1.52. The SMILES string of the molecule is CCC(=NO)c1ccccc1OCCOc1ccccc1. The highest BCUT2D eigenvalue weighted by molar-refractivity contribution is 6.02. The second-order valence-corrected chi connectivity index (χ2v) is 4.41. The van der Waals surface area contributed by atoms with Crippen molar-refractivity contribution >= 4 is 5.71 Å². The second-order valence-electron chi connectivity index (χ2n) is 4.41. The van der Waals surface area contributed by atoms with E-state index < -0.39 is 0 Å². The third-order valence-electron chi connectivity index (χ3n) is 3.01. The van der Waals surface area contributed by atoms with Crippen LogP contribution in [0.25, 0.3) is 0 Å². The van der Waals surface area contributed by atoms with Gasteiger partial charge in [0.2, 0.25) is 0 Å². The summed E-state index contributed by atoms with van der Waals surface area (Å²) < 4.78 is 11.3. The molecule has 2 rings (SSSR count). The molecule has 2 aromatic carbocycles. The highest BCUT2D eigenvalue weighted by Gasteiger charge is 2.08. The number of rotatable bonds is 7. The van der Waals surface area contributed by atoms with E-state index in [0.29, 0.717) is 31.1 Å². The zero-order valence-corrected chi connectivity index (χ0v) is 12.0. The first-order chi connectivity index (χ1) is 10.3. The third kappa shape index (κ3) is 4.24. The summed E-state index contributed by atoms with van der Waals surface area (Å²) in [6.45, 7) is 2.81. The van der Waals surface area contributed by atoms with Gasteiger partial charge in [0.25, 0.3) is 0 Å². The van der Waals surface area contributed by atoms with Gasteiger partial charge in [-0.3, -0.25) is 0 Å². The van der Waals surface area contributed by atoms with E-state index in [9.17, 15) is 0 Å². The highest BCUT2D eigenvalue weighted by atomic mass is 16.5. The molecule has 0 atom stereocenters. The zero-order chi connectivity index (χ0) is 14.9. The van der Waals surface area contributed by atoms with Crippen LogP contribution in [-0.4, -0.2) is 24.1 Å². The average molecular weight is 285 g/mol. The molecule has 0 aliphatic carbocycles. The second kappa shape index (κ2) is 7.94. The smallest absolute Gasteiger partial charge is 0.128 e. The Kier molecular flexibility index (Phi) is 5.64. The molecule has 4 heteroatoms. The lowest BCUT2D eigenvalue weighted by Crippen LogP contribution is -2.11. The first-order valence-corrected chi connectivity index (χ1v) is 6.96. The van der Waals surface area contributed by atoms with Crippen LogP contribution in [0, 0.1) is 0 Å². The van der Waals surface area contributed by atoms with Crippen molar-refractivity contribution in [3.63, 3.8) is 0 Å². The molecule has 0 aromatic heterocycles. The number of nitrogens with zero attached hydrogens (tertiary/aromatic N) is 1. The van der Waals surface area contributed by atoms with Gasteiger partial charge in [-0.2, -0.15) is 0 Å². The Hall–Kier alpha value is -2.49. The monoisotopic (exact) mass is 285 g/mol. The maximum absolute atomic E-state index is 9.03. The topological polar surface area (TPSA) is 51.1 Å². The van der Waals surface area contributed by atoms with Crippen LogP contribution >= 0.6 is 0 Å². The minimum absolute atomic E-state index is 0.425. The highest BCUT2D eigenvalue weighted by Crippen LogP contribution is 2.20. The van der Waals surface area contributed by atoms with Crippen molar-refractivity contribution in [2.24, 2.45) is 5.16 Å². The molecule has 1 N–H and O–H groups in total. The standard InChI is InChI=1S/C17H19NO3/c1-2-16(18-19)15-10-6-7-11-17(15)21-13-12-20-14-8-4-3-5-9-14/h3-11,19H,2,12-13H2,1H3. The molecule has 0 aliphatic heterocycles. The number of para-hydroxylation sites is 2. The summed E-state index contributed by atoms with van der Waals surface area (Å²) in [4.78, 5) is 0. The van der Waals surface area contributed by atoms with Crippen molar-refractivity contribution in [1.82, 2.24) is 0 Å². The van der Waals surface area contributed by atoms with Gasteiger partial charge in [-0.05, 0) is 30.7 Å². The van der Waals surface area contributed by atoms with Crippen molar-refractivity contribution in [2.45, 2.75) is 13.3 Å². The minimum Gasteiger partial charge on any atom is -0.490 e. The fourth-order valence-corrected chi connectivity index (χ4v) is 1.97. The first-order valence-electron chi connectivity index (χ1n) is 6.96. The maximum atomic E-state index is 9.03. The quantitative estimate of drug-likeness (QED) is 0.365. The Bertz CT molecular complexity index is 582. The summed E-state index contributed by atoms with van der Waals surface area (Å²) in [7, 11) is 0. The number of hydrogen-bond donors (Lipinski definition) is 1. The number of oxime groups is 1. The van der Waals surface area contributed by atoms with Crippen LogP contribution in [-0.2, 0) is 0 Å². The van der Waals surface area contributed by atoms with E-state index in [0.717, 1.165) is 11.3 Å². The molecule has 0 spiro atoms. The normalized spacial score (nSPS) is 11.2. The molecule has 0 fully saturated rings. The van der Waals surface area contributed by atoms with Crippen LogP contribution < -0.4 is 9.47 Å². The molecule has 0 aliphatic rings.